The highest BCUT2D eigenvalue weighted by atomic mass is 32.2. The lowest BCUT2D eigenvalue weighted by Crippen LogP contribution is -2.46. The van der Waals surface area contributed by atoms with Gasteiger partial charge in [-0.3, -0.25) is 9.69 Å². The Morgan fingerprint density at radius 3 is 2.57 bits per heavy atom. The first-order chi connectivity index (χ1) is 13.4. The van der Waals surface area contributed by atoms with Crippen LogP contribution in [0, 0.1) is 0 Å². The van der Waals surface area contributed by atoms with Gasteiger partial charge in [-0.05, 0) is 31.2 Å². The van der Waals surface area contributed by atoms with Crippen molar-refractivity contribution in [2.45, 2.75) is 23.4 Å². The molecule has 2 aromatic rings. The highest BCUT2D eigenvalue weighted by molar-refractivity contribution is 7.99. The van der Waals surface area contributed by atoms with Crippen LogP contribution in [0.5, 0.6) is 0 Å². The topological polar surface area (TPSA) is 57.7 Å². The third kappa shape index (κ3) is 3.97. The van der Waals surface area contributed by atoms with Gasteiger partial charge in [0.2, 0.25) is 5.91 Å². The third-order valence-electron chi connectivity index (χ3n) is 5.50. The van der Waals surface area contributed by atoms with E-state index in [0.717, 1.165) is 21.9 Å². The van der Waals surface area contributed by atoms with Crippen LogP contribution in [0.15, 0.2) is 59.5 Å². The Labute approximate surface area is 170 Å². The number of anilines is 1. The van der Waals surface area contributed by atoms with E-state index in [1.54, 1.807) is 11.8 Å². The molecule has 148 valence electrons. The van der Waals surface area contributed by atoms with E-state index < -0.39 is 9.84 Å². The molecule has 0 N–H and O–H groups in total. The van der Waals surface area contributed by atoms with E-state index in [1.165, 1.54) is 0 Å². The van der Waals surface area contributed by atoms with Crippen molar-refractivity contribution in [3.05, 3.63) is 60.2 Å². The highest BCUT2D eigenvalue weighted by Gasteiger charge is 2.35. The molecule has 0 aromatic heterocycles. The molecule has 0 spiro atoms. The summed E-state index contributed by atoms with van der Waals surface area (Å²) in [4.78, 5) is 18.3. The third-order valence-corrected chi connectivity index (χ3v) is 8.39. The molecule has 2 unspecified atom stereocenters. The summed E-state index contributed by atoms with van der Waals surface area (Å²) in [6, 6.07) is 18.0. The van der Waals surface area contributed by atoms with Crippen LogP contribution in [-0.4, -0.2) is 56.1 Å². The number of likely N-dealkylation sites (N-methyl/N-ethyl adjacent to an activating group) is 1. The number of benzene rings is 2. The second kappa shape index (κ2) is 7.89. The van der Waals surface area contributed by atoms with Crippen LogP contribution in [0.25, 0.3) is 0 Å². The maximum atomic E-state index is 13.4. The summed E-state index contributed by atoms with van der Waals surface area (Å²) in [6.45, 7) is 0.211. The number of para-hydroxylation sites is 1. The largest absolute Gasteiger partial charge is 0.302 e. The van der Waals surface area contributed by atoms with E-state index >= 15 is 0 Å². The zero-order valence-electron chi connectivity index (χ0n) is 15.8. The van der Waals surface area contributed by atoms with Crippen molar-refractivity contribution in [3.8, 4) is 0 Å². The number of amides is 1. The number of carbonyl (C=O) groups is 1. The number of carbonyl (C=O) groups excluding carboxylic acids is 1. The van der Waals surface area contributed by atoms with Crippen LogP contribution >= 0.6 is 11.8 Å². The summed E-state index contributed by atoms with van der Waals surface area (Å²) in [6.07, 6.45) is 0.598. The summed E-state index contributed by atoms with van der Waals surface area (Å²) in [5, 5.41) is 0. The monoisotopic (exact) mass is 416 g/mol. The van der Waals surface area contributed by atoms with E-state index in [1.807, 2.05) is 53.2 Å². The van der Waals surface area contributed by atoms with Gasteiger partial charge in [0, 0.05) is 16.7 Å². The molecule has 1 saturated heterocycles. The van der Waals surface area contributed by atoms with Gasteiger partial charge in [0.1, 0.15) is 0 Å². The van der Waals surface area contributed by atoms with Gasteiger partial charge in [0.25, 0.3) is 0 Å². The Bertz CT molecular complexity index is 963. The van der Waals surface area contributed by atoms with Crippen LogP contribution in [0.2, 0.25) is 0 Å². The zero-order chi connectivity index (χ0) is 19.7. The van der Waals surface area contributed by atoms with Crippen molar-refractivity contribution in [1.29, 1.82) is 0 Å². The second-order valence-electron chi connectivity index (χ2n) is 7.44. The average Bonchev–Trinajstić information content (AvgIpc) is 3.07. The van der Waals surface area contributed by atoms with Crippen molar-refractivity contribution in [1.82, 2.24) is 4.90 Å². The van der Waals surface area contributed by atoms with Gasteiger partial charge in [-0.15, -0.1) is 11.8 Å². The molecule has 2 atom stereocenters. The van der Waals surface area contributed by atoms with E-state index in [2.05, 4.69) is 18.2 Å². The molecule has 7 heteroatoms. The maximum absolute atomic E-state index is 13.4. The predicted molar refractivity (Wildman–Crippen MR) is 114 cm³/mol. The SMILES string of the molecule is CN(CC(=O)N1c2ccccc2SCC1c1ccccc1)C1CCS(=O)(=O)C1. The average molecular weight is 417 g/mol. The van der Waals surface area contributed by atoms with Gasteiger partial charge in [0.05, 0.1) is 29.8 Å². The Balaban J connectivity index is 1.60. The molecular formula is C21H24N2O3S2. The van der Waals surface area contributed by atoms with Crippen LogP contribution in [0.3, 0.4) is 0 Å². The molecule has 4 rings (SSSR count). The van der Waals surface area contributed by atoms with Gasteiger partial charge >= 0.3 is 0 Å². The molecule has 2 aliphatic rings. The molecule has 0 saturated carbocycles. The quantitative estimate of drug-likeness (QED) is 0.767. The summed E-state index contributed by atoms with van der Waals surface area (Å²) >= 11 is 1.77. The molecule has 0 aliphatic carbocycles. The first-order valence-electron chi connectivity index (χ1n) is 9.44. The molecule has 2 aromatic carbocycles. The summed E-state index contributed by atoms with van der Waals surface area (Å²) < 4.78 is 23.6. The van der Waals surface area contributed by atoms with Crippen molar-refractivity contribution in [3.63, 3.8) is 0 Å². The van der Waals surface area contributed by atoms with Crippen LogP contribution in [-0.2, 0) is 14.6 Å². The minimum absolute atomic E-state index is 0.00778. The fourth-order valence-electron chi connectivity index (χ4n) is 3.96. The molecule has 0 radical (unpaired) electrons. The Morgan fingerprint density at radius 2 is 1.86 bits per heavy atom. The smallest absolute Gasteiger partial charge is 0.241 e. The van der Waals surface area contributed by atoms with Crippen molar-refractivity contribution >= 4 is 33.2 Å². The number of hydrogen-bond donors (Lipinski definition) is 0. The lowest BCUT2D eigenvalue weighted by Gasteiger charge is -2.38. The Hall–Kier alpha value is -1.83. The second-order valence-corrected chi connectivity index (χ2v) is 10.7. The van der Waals surface area contributed by atoms with Gasteiger partial charge in [-0.2, -0.15) is 0 Å². The van der Waals surface area contributed by atoms with Crippen molar-refractivity contribution < 1.29 is 13.2 Å². The zero-order valence-corrected chi connectivity index (χ0v) is 17.5. The molecule has 0 bridgehead atoms. The molecular weight excluding hydrogens is 392 g/mol. The number of rotatable bonds is 4. The van der Waals surface area contributed by atoms with E-state index in [9.17, 15) is 13.2 Å². The summed E-state index contributed by atoms with van der Waals surface area (Å²) in [5.74, 6) is 1.17. The number of sulfone groups is 1. The fraction of sp³-hybridized carbons (Fsp3) is 0.381. The van der Waals surface area contributed by atoms with Crippen molar-refractivity contribution in [2.75, 3.05) is 35.8 Å². The molecule has 5 nitrogen and oxygen atoms in total. The fourth-order valence-corrected chi connectivity index (χ4v) is 6.93. The van der Waals surface area contributed by atoms with E-state index in [4.69, 9.17) is 0 Å². The molecule has 28 heavy (non-hydrogen) atoms. The van der Waals surface area contributed by atoms with Gasteiger partial charge < -0.3 is 4.90 Å². The Morgan fingerprint density at radius 1 is 1.14 bits per heavy atom. The van der Waals surface area contributed by atoms with Crippen LogP contribution < -0.4 is 4.90 Å². The maximum Gasteiger partial charge on any atom is 0.241 e. The predicted octanol–water partition coefficient (Wildman–Crippen LogP) is 2.99. The van der Waals surface area contributed by atoms with Crippen LogP contribution in [0.4, 0.5) is 5.69 Å². The van der Waals surface area contributed by atoms with Crippen molar-refractivity contribution in [2.24, 2.45) is 0 Å². The minimum Gasteiger partial charge on any atom is -0.302 e. The van der Waals surface area contributed by atoms with Gasteiger partial charge in [-0.25, -0.2) is 8.42 Å². The van der Waals surface area contributed by atoms with Gasteiger partial charge in [0.15, 0.2) is 9.84 Å². The minimum atomic E-state index is -2.97. The molecule has 1 fully saturated rings. The first kappa shape index (κ1) is 19.5. The number of nitrogens with zero attached hydrogens (tertiary/aromatic N) is 2. The molecule has 2 aliphatic heterocycles. The van der Waals surface area contributed by atoms with E-state index in [-0.39, 0.29) is 36.0 Å². The summed E-state index contributed by atoms with van der Waals surface area (Å²) in [7, 11) is -1.12. The molecule has 1 amide bonds. The molecule has 2 heterocycles. The van der Waals surface area contributed by atoms with Gasteiger partial charge in [-0.1, -0.05) is 42.5 Å². The Kier molecular flexibility index (Phi) is 5.49. The number of hydrogen-bond acceptors (Lipinski definition) is 5. The normalized spacial score (nSPS) is 23.6. The van der Waals surface area contributed by atoms with E-state index in [0.29, 0.717) is 6.42 Å². The summed E-state index contributed by atoms with van der Waals surface area (Å²) in [5.41, 5.74) is 2.05. The first-order valence-corrected chi connectivity index (χ1v) is 12.2. The highest BCUT2D eigenvalue weighted by Crippen LogP contribution is 2.43. The lowest BCUT2D eigenvalue weighted by atomic mass is 10.0. The standard InChI is InChI=1S/C21H24N2O3S2/c1-22(17-11-12-28(25,26)15-17)13-21(24)23-18-9-5-6-10-20(18)27-14-19(23)16-7-3-2-4-8-16/h2-10,17,19H,11-15H2,1H3. The number of fused-ring (bicyclic) bond motifs is 1. The lowest BCUT2D eigenvalue weighted by molar-refractivity contribution is -0.120. The number of thioether (sulfide) groups is 1. The van der Waals surface area contributed by atoms with Crippen LogP contribution in [0.1, 0.15) is 18.0 Å².